The van der Waals surface area contributed by atoms with E-state index in [4.69, 9.17) is 0 Å². The van der Waals surface area contributed by atoms with Crippen LogP contribution in [-0.2, 0) is 0 Å². The molecule has 5 heteroatoms. The molecule has 2 aromatic carbocycles. The lowest BCUT2D eigenvalue weighted by molar-refractivity contribution is 0.0955. The molecule has 2 aromatic rings. The van der Waals surface area contributed by atoms with Crippen molar-refractivity contribution in [1.82, 2.24) is 5.43 Å². The summed E-state index contributed by atoms with van der Waals surface area (Å²) in [6, 6.07) is 11.8. The molecule has 0 fully saturated rings. The van der Waals surface area contributed by atoms with E-state index in [1.54, 1.807) is 12.3 Å². The molecule has 4 nitrogen and oxygen atoms in total. The van der Waals surface area contributed by atoms with Crippen LogP contribution in [0.15, 0.2) is 47.6 Å². The van der Waals surface area contributed by atoms with E-state index in [1.165, 1.54) is 16.8 Å². The van der Waals surface area contributed by atoms with Gasteiger partial charge in [0.1, 0.15) is 0 Å². The SMILES string of the molecule is CCN1c2cc(C)c(/C=N/NC(=O)c3cccc(I)c3)cc2C(C)=CC1(C)C. The fourth-order valence-electron chi connectivity index (χ4n) is 3.82. The quantitative estimate of drug-likeness (QED) is 0.357. The van der Waals surface area contributed by atoms with Gasteiger partial charge in [-0.3, -0.25) is 4.79 Å². The highest BCUT2D eigenvalue weighted by molar-refractivity contribution is 14.1. The lowest BCUT2D eigenvalue weighted by Gasteiger charge is -2.43. The highest BCUT2D eigenvalue weighted by Crippen LogP contribution is 2.39. The maximum absolute atomic E-state index is 12.3. The Hall–Kier alpha value is -2.15. The smallest absolute Gasteiger partial charge is 0.271 e. The molecule has 3 rings (SSSR count). The number of anilines is 1. The van der Waals surface area contributed by atoms with Gasteiger partial charge in [-0.15, -0.1) is 0 Å². The van der Waals surface area contributed by atoms with E-state index in [-0.39, 0.29) is 11.4 Å². The number of benzene rings is 2. The Morgan fingerprint density at radius 3 is 2.68 bits per heavy atom. The molecule has 28 heavy (non-hydrogen) atoms. The number of rotatable bonds is 4. The van der Waals surface area contributed by atoms with E-state index in [9.17, 15) is 4.79 Å². The van der Waals surface area contributed by atoms with Gasteiger partial charge in [-0.05, 0) is 104 Å². The predicted octanol–water partition coefficient (Wildman–Crippen LogP) is 5.39. The van der Waals surface area contributed by atoms with Gasteiger partial charge >= 0.3 is 0 Å². The number of hydrogen-bond donors (Lipinski definition) is 1. The number of allylic oxidation sites excluding steroid dienone is 1. The van der Waals surface area contributed by atoms with Gasteiger partial charge in [0, 0.05) is 26.9 Å². The van der Waals surface area contributed by atoms with Gasteiger partial charge in [-0.2, -0.15) is 5.10 Å². The zero-order valence-corrected chi connectivity index (χ0v) is 19.2. The van der Waals surface area contributed by atoms with Gasteiger partial charge in [0.15, 0.2) is 0 Å². The van der Waals surface area contributed by atoms with Gasteiger partial charge in [0.2, 0.25) is 0 Å². The number of fused-ring (bicyclic) bond motifs is 1. The zero-order chi connectivity index (χ0) is 20.5. The molecule has 1 N–H and O–H groups in total. The van der Waals surface area contributed by atoms with Crippen LogP contribution < -0.4 is 10.3 Å². The third kappa shape index (κ3) is 4.14. The lowest BCUT2D eigenvalue weighted by Crippen LogP contribution is -2.45. The summed E-state index contributed by atoms with van der Waals surface area (Å²) in [4.78, 5) is 14.7. The number of nitrogens with one attached hydrogen (secondary N) is 1. The summed E-state index contributed by atoms with van der Waals surface area (Å²) in [6.07, 6.45) is 4.04. The number of amides is 1. The van der Waals surface area contributed by atoms with Gasteiger partial charge in [-0.25, -0.2) is 5.43 Å². The zero-order valence-electron chi connectivity index (χ0n) is 17.0. The van der Waals surface area contributed by atoms with E-state index < -0.39 is 0 Å². The number of hydrazone groups is 1. The third-order valence-electron chi connectivity index (χ3n) is 5.14. The number of aryl methyl sites for hydroxylation is 1. The van der Waals surface area contributed by atoms with E-state index in [0.29, 0.717) is 5.56 Å². The molecule has 1 heterocycles. The average molecular weight is 487 g/mol. The molecule has 1 aliphatic rings. The Morgan fingerprint density at radius 2 is 2.00 bits per heavy atom. The number of halogens is 1. The molecule has 0 unspecified atom stereocenters. The van der Waals surface area contributed by atoms with Gasteiger partial charge < -0.3 is 4.90 Å². The van der Waals surface area contributed by atoms with Crippen molar-refractivity contribution in [2.24, 2.45) is 5.10 Å². The van der Waals surface area contributed by atoms with E-state index in [0.717, 1.165) is 21.2 Å². The Kier molecular flexibility index (Phi) is 5.93. The fraction of sp³-hybridized carbons (Fsp3) is 0.304. The van der Waals surface area contributed by atoms with Crippen molar-refractivity contribution in [2.75, 3.05) is 11.4 Å². The second-order valence-corrected chi connectivity index (χ2v) is 8.91. The van der Waals surface area contributed by atoms with E-state index in [1.807, 2.05) is 18.2 Å². The minimum Gasteiger partial charge on any atom is -0.363 e. The minimum absolute atomic E-state index is 0.00491. The van der Waals surface area contributed by atoms with Crippen LogP contribution >= 0.6 is 22.6 Å². The summed E-state index contributed by atoms with van der Waals surface area (Å²) in [7, 11) is 0. The standard InChI is InChI=1S/C23H26IN3O/c1-6-27-21-10-15(2)18(12-20(21)16(3)13-23(27,4)5)14-25-26-22(28)17-8-7-9-19(24)11-17/h7-14H,6H2,1-5H3,(H,26,28)/b25-14+. The molecule has 0 saturated carbocycles. The molecule has 0 atom stereocenters. The Labute approximate surface area is 180 Å². The second kappa shape index (κ2) is 8.07. The first kappa shape index (κ1) is 20.6. The Bertz CT molecular complexity index is 976. The Balaban J connectivity index is 1.85. The molecule has 0 aliphatic carbocycles. The first-order valence-corrected chi connectivity index (χ1v) is 10.5. The van der Waals surface area contributed by atoms with Crippen molar-refractivity contribution in [1.29, 1.82) is 0 Å². The number of carbonyl (C=O) groups is 1. The summed E-state index contributed by atoms with van der Waals surface area (Å²) in [5.74, 6) is -0.208. The van der Waals surface area contributed by atoms with Crippen molar-refractivity contribution in [2.45, 2.75) is 40.2 Å². The third-order valence-corrected chi connectivity index (χ3v) is 5.81. The summed E-state index contributed by atoms with van der Waals surface area (Å²) < 4.78 is 1.02. The van der Waals surface area contributed by atoms with Crippen LogP contribution in [0.2, 0.25) is 0 Å². The molecule has 146 valence electrons. The highest BCUT2D eigenvalue weighted by atomic mass is 127. The molecule has 0 bridgehead atoms. The number of nitrogens with zero attached hydrogens (tertiary/aromatic N) is 2. The van der Waals surface area contributed by atoms with Crippen LogP contribution in [-0.4, -0.2) is 24.2 Å². The number of carbonyl (C=O) groups excluding carboxylic acids is 1. The van der Waals surface area contributed by atoms with Crippen molar-refractivity contribution in [3.63, 3.8) is 0 Å². The largest absolute Gasteiger partial charge is 0.363 e. The molecule has 0 spiro atoms. The maximum atomic E-state index is 12.3. The van der Waals surface area contributed by atoms with Crippen LogP contribution in [0.3, 0.4) is 0 Å². The van der Waals surface area contributed by atoms with Crippen LogP contribution in [0.25, 0.3) is 5.57 Å². The normalized spacial score (nSPS) is 15.4. The first-order chi connectivity index (χ1) is 13.2. The molecule has 1 aliphatic heterocycles. The predicted molar refractivity (Wildman–Crippen MR) is 126 cm³/mol. The van der Waals surface area contributed by atoms with Crippen molar-refractivity contribution >= 4 is 46.0 Å². The van der Waals surface area contributed by atoms with Crippen LogP contribution in [0, 0.1) is 10.5 Å². The summed E-state index contributed by atoms with van der Waals surface area (Å²) in [5, 5.41) is 4.19. The maximum Gasteiger partial charge on any atom is 0.271 e. The monoisotopic (exact) mass is 487 g/mol. The second-order valence-electron chi connectivity index (χ2n) is 7.66. The molecular weight excluding hydrogens is 461 g/mol. The summed E-state index contributed by atoms with van der Waals surface area (Å²) >= 11 is 2.19. The lowest BCUT2D eigenvalue weighted by atomic mass is 9.87. The van der Waals surface area contributed by atoms with Crippen LogP contribution in [0.5, 0.6) is 0 Å². The van der Waals surface area contributed by atoms with Gasteiger partial charge in [-0.1, -0.05) is 12.1 Å². The molecule has 0 radical (unpaired) electrons. The Morgan fingerprint density at radius 1 is 1.25 bits per heavy atom. The van der Waals surface area contributed by atoms with Crippen molar-refractivity contribution < 1.29 is 4.79 Å². The highest BCUT2D eigenvalue weighted by Gasteiger charge is 2.30. The van der Waals surface area contributed by atoms with Crippen LogP contribution in [0.1, 0.15) is 54.7 Å². The fourth-order valence-corrected chi connectivity index (χ4v) is 4.36. The number of likely N-dealkylation sites (N-methyl/N-ethyl adjacent to an activating group) is 1. The minimum atomic E-state index is -0.208. The molecular formula is C23H26IN3O. The topological polar surface area (TPSA) is 44.7 Å². The van der Waals surface area contributed by atoms with Crippen LogP contribution in [0.4, 0.5) is 5.69 Å². The molecule has 0 aromatic heterocycles. The van der Waals surface area contributed by atoms with Crippen molar-refractivity contribution in [3.05, 3.63) is 68.3 Å². The molecule has 1 amide bonds. The molecule has 0 saturated heterocycles. The number of hydrogen-bond acceptors (Lipinski definition) is 3. The summed E-state index contributed by atoms with van der Waals surface area (Å²) in [5.41, 5.74) is 9.11. The van der Waals surface area contributed by atoms with Gasteiger partial charge in [0.05, 0.1) is 11.8 Å². The van der Waals surface area contributed by atoms with E-state index >= 15 is 0 Å². The average Bonchev–Trinajstić information content (AvgIpc) is 2.62. The van der Waals surface area contributed by atoms with E-state index in [2.05, 4.69) is 90.8 Å². The van der Waals surface area contributed by atoms with Crippen molar-refractivity contribution in [3.8, 4) is 0 Å². The first-order valence-electron chi connectivity index (χ1n) is 9.44. The summed E-state index contributed by atoms with van der Waals surface area (Å²) in [6.45, 7) is 11.9. The van der Waals surface area contributed by atoms with Gasteiger partial charge in [0.25, 0.3) is 5.91 Å².